The summed E-state index contributed by atoms with van der Waals surface area (Å²) in [4.78, 5) is 12.5. The van der Waals surface area contributed by atoms with Crippen molar-refractivity contribution in [2.24, 2.45) is 11.7 Å². The molecule has 1 fully saturated rings. The van der Waals surface area contributed by atoms with Crippen LogP contribution in [0.15, 0.2) is 53.1 Å². The molecule has 0 bridgehead atoms. The minimum absolute atomic E-state index is 0.000981. The molecule has 0 aliphatic heterocycles. The number of aromatic nitrogens is 2. The molecule has 2 heterocycles. The number of nitrogens with zero attached hydrogens (tertiary/aromatic N) is 3. The van der Waals surface area contributed by atoms with Gasteiger partial charge in [0.2, 0.25) is 0 Å². The predicted molar refractivity (Wildman–Crippen MR) is 146 cm³/mol. The van der Waals surface area contributed by atoms with E-state index >= 15 is 0 Å². The number of carbonyl (C=O) groups is 1. The molecular weight excluding hydrogens is 602 g/mol. The molecule has 2 aromatic heterocycles. The van der Waals surface area contributed by atoms with Crippen LogP contribution in [0.5, 0.6) is 0 Å². The van der Waals surface area contributed by atoms with Crippen LogP contribution in [-0.2, 0) is 24.1 Å². The lowest BCUT2D eigenvalue weighted by molar-refractivity contribution is 0.100. The number of hydrogen-bond acceptors (Lipinski definition) is 3. The number of halogens is 4. The highest BCUT2D eigenvalue weighted by Gasteiger charge is 2.28. The Labute approximate surface area is 233 Å². The van der Waals surface area contributed by atoms with Crippen LogP contribution in [0.4, 0.5) is 14.5 Å². The maximum Gasteiger partial charge on any atom is 0.261 e. The minimum Gasteiger partial charge on any atom is -0.365 e. The second-order valence-corrected chi connectivity index (χ2v) is 11.4. The number of pyridine rings is 1. The molecule has 0 spiro atoms. The summed E-state index contributed by atoms with van der Waals surface area (Å²) in [6.07, 6.45) is 4.21. The fraction of sp³-hybridized carbons (Fsp3) is 0.231. The van der Waals surface area contributed by atoms with Crippen LogP contribution < -0.4 is 10.0 Å². The Morgan fingerprint density at radius 2 is 1.89 bits per heavy atom. The minimum atomic E-state index is -2.48. The highest BCUT2D eigenvalue weighted by Crippen LogP contribution is 2.38. The Balaban J connectivity index is 1.60. The van der Waals surface area contributed by atoms with E-state index in [2.05, 4.69) is 21.0 Å². The fourth-order valence-corrected chi connectivity index (χ4v) is 5.47. The maximum absolute atomic E-state index is 14.5. The second-order valence-electron chi connectivity index (χ2n) is 9.17. The van der Waals surface area contributed by atoms with Crippen LogP contribution in [0, 0.1) is 17.6 Å². The second kappa shape index (κ2) is 10.7. The van der Waals surface area contributed by atoms with Crippen LogP contribution >= 0.6 is 27.5 Å². The number of nitrogens with two attached hydrogens (primary N) is 1. The summed E-state index contributed by atoms with van der Waals surface area (Å²) in [5.74, 6) is -2.29. The van der Waals surface area contributed by atoms with Gasteiger partial charge < -0.3 is 5.73 Å². The van der Waals surface area contributed by atoms with Crippen molar-refractivity contribution in [3.8, 4) is 11.3 Å². The van der Waals surface area contributed by atoms with Crippen molar-refractivity contribution in [1.82, 2.24) is 9.61 Å². The highest BCUT2D eigenvalue weighted by molar-refractivity contribution is 9.10. The van der Waals surface area contributed by atoms with Gasteiger partial charge in [-0.3, -0.25) is 13.7 Å². The summed E-state index contributed by atoms with van der Waals surface area (Å²) < 4.78 is 53.9. The monoisotopic (exact) mass is 622 g/mol. The Hall–Kier alpha value is -2.86. The third kappa shape index (κ3) is 5.33. The molecule has 2 aromatic carbocycles. The van der Waals surface area contributed by atoms with Crippen LogP contribution in [-0.4, -0.2) is 30.8 Å². The van der Waals surface area contributed by atoms with E-state index in [0.717, 1.165) is 18.4 Å². The SMILES string of the molecule is NC(=O)c1c(-c2ccc(Cl)cc2)nn2cc(N(CCc3ccc(Br)c(F)c3F)S(=O)O)c(CC3CC3)cc12. The quantitative estimate of drug-likeness (QED) is 0.178. The lowest BCUT2D eigenvalue weighted by atomic mass is 10.0. The fourth-order valence-electron chi connectivity index (χ4n) is 4.46. The zero-order valence-corrected chi connectivity index (χ0v) is 23.0. The summed E-state index contributed by atoms with van der Waals surface area (Å²) in [5, 5.41) is 5.10. The number of rotatable bonds is 9. The molecule has 1 unspecified atom stereocenters. The van der Waals surface area contributed by atoms with E-state index in [0.29, 0.717) is 39.8 Å². The van der Waals surface area contributed by atoms with E-state index in [9.17, 15) is 22.3 Å². The van der Waals surface area contributed by atoms with Gasteiger partial charge in [-0.1, -0.05) is 29.8 Å². The van der Waals surface area contributed by atoms with E-state index in [-0.39, 0.29) is 28.6 Å². The molecule has 1 saturated carbocycles. The van der Waals surface area contributed by atoms with Crippen molar-refractivity contribution >= 4 is 55.9 Å². The molecule has 198 valence electrons. The number of hydrogen-bond donors (Lipinski definition) is 2. The molecule has 3 N–H and O–H groups in total. The third-order valence-electron chi connectivity index (χ3n) is 6.56. The normalized spacial score (nSPS) is 14.1. The smallest absolute Gasteiger partial charge is 0.261 e. The van der Waals surface area contributed by atoms with Gasteiger partial charge in [-0.25, -0.2) is 17.5 Å². The van der Waals surface area contributed by atoms with Crippen LogP contribution in [0.1, 0.15) is 34.3 Å². The van der Waals surface area contributed by atoms with E-state index in [4.69, 9.17) is 17.3 Å². The van der Waals surface area contributed by atoms with Gasteiger partial charge in [-0.2, -0.15) is 5.10 Å². The molecule has 1 aliphatic rings. The lowest BCUT2D eigenvalue weighted by Crippen LogP contribution is -2.29. The van der Waals surface area contributed by atoms with Crippen molar-refractivity contribution in [2.45, 2.75) is 25.7 Å². The van der Waals surface area contributed by atoms with Crippen molar-refractivity contribution in [3.63, 3.8) is 0 Å². The van der Waals surface area contributed by atoms with Gasteiger partial charge in [0.1, 0.15) is 5.69 Å². The summed E-state index contributed by atoms with van der Waals surface area (Å²) >= 11 is 6.50. The van der Waals surface area contributed by atoms with Crippen molar-refractivity contribution in [3.05, 3.63) is 86.5 Å². The largest absolute Gasteiger partial charge is 0.365 e. The number of benzene rings is 2. The lowest BCUT2D eigenvalue weighted by Gasteiger charge is -2.23. The topological polar surface area (TPSA) is 101 Å². The molecule has 0 radical (unpaired) electrons. The summed E-state index contributed by atoms with van der Waals surface area (Å²) in [5.41, 5.74) is 8.65. The molecule has 5 rings (SSSR count). The first-order valence-electron chi connectivity index (χ1n) is 11.8. The summed E-state index contributed by atoms with van der Waals surface area (Å²) in [7, 11) is 0. The van der Waals surface area contributed by atoms with Crippen LogP contribution in [0.3, 0.4) is 0 Å². The summed E-state index contributed by atoms with van der Waals surface area (Å²) in [6.45, 7) is -0.0712. The molecular formula is C26H22BrClF2N4O3S. The van der Waals surface area contributed by atoms with Crippen LogP contribution in [0.2, 0.25) is 5.02 Å². The molecule has 1 atom stereocenters. The standard InChI is InChI=1S/C26H22BrClF2N4O3S/c27-19-8-5-15(23(29)24(19)30)9-10-34(38(36)37)21-13-33-20(12-17(21)11-14-1-2-14)22(26(31)35)25(32-33)16-3-6-18(28)7-4-16/h3-8,12-14H,1-2,9-11H2,(H2,31,35)(H,36,37). The average molecular weight is 624 g/mol. The van der Waals surface area contributed by atoms with Gasteiger partial charge in [0, 0.05) is 17.1 Å². The van der Waals surface area contributed by atoms with E-state index < -0.39 is 28.8 Å². The van der Waals surface area contributed by atoms with Gasteiger partial charge in [-0.15, -0.1) is 0 Å². The predicted octanol–water partition coefficient (Wildman–Crippen LogP) is 5.93. The number of amides is 1. The number of anilines is 1. The zero-order chi connectivity index (χ0) is 27.1. The Bertz CT molecular complexity index is 1580. The molecule has 1 amide bonds. The molecule has 7 nitrogen and oxygen atoms in total. The molecule has 0 saturated heterocycles. The highest BCUT2D eigenvalue weighted by atomic mass is 79.9. The van der Waals surface area contributed by atoms with Crippen LogP contribution in [0.25, 0.3) is 16.8 Å². The van der Waals surface area contributed by atoms with Gasteiger partial charge in [-0.05, 0) is 82.9 Å². The van der Waals surface area contributed by atoms with Crippen molar-refractivity contribution in [2.75, 3.05) is 10.8 Å². The summed E-state index contributed by atoms with van der Waals surface area (Å²) in [6, 6.07) is 11.4. The van der Waals surface area contributed by atoms with Crippen molar-refractivity contribution in [1.29, 1.82) is 0 Å². The first-order valence-corrected chi connectivity index (χ1v) is 14.0. The molecule has 1 aliphatic carbocycles. The van der Waals surface area contributed by atoms with Gasteiger partial charge in [0.25, 0.3) is 17.2 Å². The van der Waals surface area contributed by atoms with E-state index in [1.54, 1.807) is 36.5 Å². The number of carbonyl (C=O) groups excluding carboxylic acids is 1. The molecule has 12 heteroatoms. The first-order chi connectivity index (χ1) is 18.1. The Morgan fingerprint density at radius 3 is 2.53 bits per heavy atom. The van der Waals surface area contributed by atoms with Gasteiger partial charge in [0.15, 0.2) is 11.6 Å². The Kier molecular flexibility index (Phi) is 7.54. The Morgan fingerprint density at radius 1 is 1.18 bits per heavy atom. The maximum atomic E-state index is 14.5. The van der Waals surface area contributed by atoms with Gasteiger partial charge >= 0.3 is 0 Å². The first kappa shape index (κ1) is 26.7. The third-order valence-corrected chi connectivity index (χ3v) is 8.18. The zero-order valence-electron chi connectivity index (χ0n) is 19.8. The van der Waals surface area contributed by atoms with Crippen molar-refractivity contribution < 1.29 is 22.3 Å². The molecule has 4 aromatic rings. The van der Waals surface area contributed by atoms with E-state index in [1.807, 2.05) is 0 Å². The number of fused-ring (bicyclic) bond motifs is 1. The average Bonchev–Trinajstić information content (AvgIpc) is 3.61. The number of primary amides is 1. The van der Waals surface area contributed by atoms with E-state index in [1.165, 1.54) is 21.0 Å². The van der Waals surface area contributed by atoms with Gasteiger partial charge in [0.05, 0.1) is 27.4 Å². The molecule has 38 heavy (non-hydrogen) atoms.